The number of halogens is 3. The van der Waals surface area contributed by atoms with Crippen LogP contribution in [0.15, 0.2) is 65.6 Å². The van der Waals surface area contributed by atoms with Crippen LogP contribution in [0.5, 0.6) is 5.75 Å². The van der Waals surface area contributed by atoms with Crippen LogP contribution < -0.4 is 10.1 Å². The maximum atomic E-state index is 13.9. The maximum absolute atomic E-state index is 13.9. The summed E-state index contributed by atoms with van der Waals surface area (Å²) in [4.78, 5) is 12.7. The Kier molecular flexibility index (Phi) is 7.68. The quantitative estimate of drug-likeness (QED) is 0.473. The van der Waals surface area contributed by atoms with Gasteiger partial charge in [0.05, 0.1) is 11.5 Å². The first-order valence-electron chi connectivity index (χ1n) is 9.86. The Morgan fingerprint density at radius 1 is 1.06 bits per heavy atom. The van der Waals surface area contributed by atoms with Crippen LogP contribution >= 0.6 is 11.6 Å². The third-order valence-corrected chi connectivity index (χ3v) is 6.81. The molecule has 0 aliphatic heterocycles. The van der Waals surface area contributed by atoms with Crippen molar-refractivity contribution in [1.82, 2.24) is 4.31 Å². The molecule has 0 heterocycles. The zero-order chi connectivity index (χ0) is 24.2. The summed E-state index contributed by atoms with van der Waals surface area (Å²) in [6.07, 6.45) is 0. The molecule has 6 nitrogen and oxygen atoms in total. The second-order valence-corrected chi connectivity index (χ2v) is 9.50. The highest BCUT2D eigenvalue weighted by molar-refractivity contribution is 7.89. The van der Waals surface area contributed by atoms with Crippen molar-refractivity contribution in [3.05, 3.63) is 88.4 Å². The van der Waals surface area contributed by atoms with Gasteiger partial charge in [0.15, 0.2) is 0 Å². The van der Waals surface area contributed by atoms with Crippen molar-refractivity contribution in [1.29, 1.82) is 0 Å². The zero-order valence-electron chi connectivity index (χ0n) is 17.8. The summed E-state index contributed by atoms with van der Waals surface area (Å²) in [7, 11) is -2.47. The number of rotatable bonds is 8. The molecule has 0 spiro atoms. The monoisotopic (exact) mass is 494 g/mol. The number of sulfonamides is 1. The Bertz CT molecular complexity index is 1250. The molecular formula is C23H21ClF2N2O4S. The van der Waals surface area contributed by atoms with E-state index < -0.39 is 33.3 Å². The van der Waals surface area contributed by atoms with E-state index in [1.165, 1.54) is 55.6 Å². The SMILES string of the molecule is CCOc1ccc(C(=O)Nc2c(F)cccc2F)cc1CN(C)S(=O)(=O)c1ccc(Cl)cc1. The van der Waals surface area contributed by atoms with Crippen LogP contribution in [-0.2, 0) is 16.6 Å². The molecule has 174 valence electrons. The van der Waals surface area contributed by atoms with Gasteiger partial charge in [0, 0.05) is 29.7 Å². The first kappa shape index (κ1) is 24.6. The smallest absolute Gasteiger partial charge is 0.255 e. The number of nitrogens with zero attached hydrogens (tertiary/aromatic N) is 1. The molecule has 0 radical (unpaired) electrons. The van der Waals surface area contributed by atoms with E-state index in [9.17, 15) is 22.0 Å². The first-order valence-corrected chi connectivity index (χ1v) is 11.7. The largest absolute Gasteiger partial charge is 0.494 e. The minimum atomic E-state index is -3.86. The van der Waals surface area contributed by atoms with Crippen LogP contribution in [0.4, 0.5) is 14.5 Å². The van der Waals surface area contributed by atoms with E-state index in [2.05, 4.69) is 5.32 Å². The summed E-state index contributed by atoms with van der Waals surface area (Å²) in [5, 5.41) is 2.62. The van der Waals surface area contributed by atoms with Crippen LogP contribution in [0.1, 0.15) is 22.8 Å². The van der Waals surface area contributed by atoms with Gasteiger partial charge in [0.25, 0.3) is 5.91 Å². The molecule has 0 bridgehead atoms. The van der Waals surface area contributed by atoms with Gasteiger partial charge in [0.2, 0.25) is 10.0 Å². The molecule has 0 atom stereocenters. The van der Waals surface area contributed by atoms with Crippen LogP contribution in [0, 0.1) is 11.6 Å². The number of ether oxygens (including phenoxy) is 1. The molecule has 10 heteroatoms. The third kappa shape index (κ3) is 5.68. The predicted molar refractivity (Wildman–Crippen MR) is 122 cm³/mol. The molecule has 0 aliphatic carbocycles. The summed E-state index contributed by atoms with van der Waals surface area (Å²) in [6.45, 7) is 1.96. The lowest BCUT2D eigenvalue weighted by atomic mass is 10.1. The van der Waals surface area contributed by atoms with Crippen LogP contribution in [-0.4, -0.2) is 32.3 Å². The van der Waals surface area contributed by atoms with Crippen LogP contribution in [0.3, 0.4) is 0 Å². The molecule has 0 saturated carbocycles. The van der Waals surface area contributed by atoms with Gasteiger partial charge in [0.1, 0.15) is 23.1 Å². The molecule has 0 saturated heterocycles. The molecule has 1 amide bonds. The normalized spacial score (nSPS) is 11.5. The van der Waals surface area contributed by atoms with Crippen molar-refractivity contribution in [3.8, 4) is 5.75 Å². The van der Waals surface area contributed by atoms with Gasteiger partial charge in [-0.3, -0.25) is 4.79 Å². The van der Waals surface area contributed by atoms with Gasteiger partial charge in [-0.1, -0.05) is 17.7 Å². The molecule has 3 aromatic carbocycles. The number of carbonyl (C=O) groups is 1. The number of benzene rings is 3. The van der Waals surface area contributed by atoms with Crippen molar-refractivity contribution < 1.29 is 26.7 Å². The predicted octanol–water partition coefficient (Wildman–Crippen LogP) is 5.09. The fourth-order valence-electron chi connectivity index (χ4n) is 3.05. The number of anilines is 1. The molecule has 0 aliphatic rings. The molecular weight excluding hydrogens is 474 g/mol. The summed E-state index contributed by atoms with van der Waals surface area (Å²) >= 11 is 5.84. The molecule has 1 N–H and O–H groups in total. The summed E-state index contributed by atoms with van der Waals surface area (Å²) in [5.74, 6) is -2.21. The van der Waals surface area contributed by atoms with Crippen LogP contribution in [0.25, 0.3) is 0 Å². The van der Waals surface area contributed by atoms with Gasteiger partial charge in [-0.15, -0.1) is 0 Å². The van der Waals surface area contributed by atoms with Gasteiger partial charge in [-0.05, 0) is 61.5 Å². The van der Waals surface area contributed by atoms with Gasteiger partial charge in [-0.2, -0.15) is 4.31 Å². The minimum absolute atomic E-state index is 0.0521. The highest BCUT2D eigenvalue weighted by atomic mass is 35.5. The van der Waals surface area contributed by atoms with Gasteiger partial charge < -0.3 is 10.1 Å². The highest BCUT2D eigenvalue weighted by Crippen LogP contribution is 2.26. The molecule has 0 fully saturated rings. The molecule has 33 heavy (non-hydrogen) atoms. The Morgan fingerprint density at radius 3 is 2.30 bits per heavy atom. The lowest BCUT2D eigenvalue weighted by Crippen LogP contribution is -2.27. The van der Waals surface area contributed by atoms with Crippen molar-refractivity contribution in [2.75, 3.05) is 19.0 Å². The Hall–Kier alpha value is -3.01. The number of para-hydroxylation sites is 1. The fraction of sp³-hybridized carbons (Fsp3) is 0.174. The Balaban J connectivity index is 1.90. The number of hydrogen-bond acceptors (Lipinski definition) is 4. The lowest BCUT2D eigenvalue weighted by molar-refractivity contribution is 0.102. The van der Waals surface area contributed by atoms with E-state index in [1.807, 2.05) is 0 Å². The van der Waals surface area contributed by atoms with E-state index >= 15 is 0 Å². The van der Waals surface area contributed by atoms with E-state index in [0.717, 1.165) is 16.4 Å². The fourth-order valence-corrected chi connectivity index (χ4v) is 4.33. The molecule has 0 unspecified atom stereocenters. The second kappa shape index (κ2) is 10.3. The van der Waals surface area contributed by atoms with Crippen LogP contribution in [0.2, 0.25) is 5.02 Å². The second-order valence-electron chi connectivity index (χ2n) is 7.02. The highest BCUT2D eigenvalue weighted by Gasteiger charge is 2.23. The van der Waals surface area contributed by atoms with Gasteiger partial charge >= 0.3 is 0 Å². The zero-order valence-corrected chi connectivity index (χ0v) is 19.4. The maximum Gasteiger partial charge on any atom is 0.255 e. The summed E-state index contributed by atoms with van der Waals surface area (Å²) < 4.78 is 60.3. The van der Waals surface area contributed by atoms with Crippen molar-refractivity contribution in [2.45, 2.75) is 18.4 Å². The molecule has 3 aromatic rings. The van der Waals surface area contributed by atoms with E-state index in [4.69, 9.17) is 16.3 Å². The van der Waals surface area contributed by atoms with Gasteiger partial charge in [-0.25, -0.2) is 17.2 Å². The summed E-state index contributed by atoms with van der Waals surface area (Å²) in [5.41, 5.74) is -0.0905. The average molecular weight is 495 g/mol. The minimum Gasteiger partial charge on any atom is -0.494 e. The Morgan fingerprint density at radius 2 is 1.70 bits per heavy atom. The topological polar surface area (TPSA) is 75.7 Å². The number of hydrogen-bond donors (Lipinski definition) is 1. The lowest BCUT2D eigenvalue weighted by Gasteiger charge is -2.20. The molecule has 3 rings (SSSR count). The van der Waals surface area contributed by atoms with E-state index in [0.29, 0.717) is 22.9 Å². The summed E-state index contributed by atoms with van der Waals surface area (Å²) in [6, 6.07) is 13.3. The molecule has 0 aromatic heterocycles. The number of amides is 1. The Labute approximate surface area is 195 Å². The standard InChI is InChI=1S/C23H21ClF2N2O4S/c1-3-32-21-12-7-15(23(29)27-22-19(25)5-4-6-20(22)26)13-16(21)14-28(2)33(30,31)18-10-8-17(24)9-11-18/h4-13H,3,14H2,1-2H3,(H,27,29). The number of nitrogens with one attached hydrogen (secondary N) is 1. The van der Waals surface area contributed by atoms with Crippen molar-refractivity contribution in [2.24, 2.45) is 0 Å². The van der Waals surface area contributed by atoms with Crippen molar-refractivity contribution >= 4 is 33.2 Å². The third-order valence-electron chi connectivity index (χ3n) is 4.74. The first-order chi connectivity index (χ1) is 15.6. The van der Waals surface area contributed by atoms with E-state index in [-0.39, 0.29) is 17.0 Å². The van der Waals surface area contributed by atoms with E-state index in [1.54, 1.807) is 6.92 Å². The number of carbonyl (C=O) groups excluding carboxylic acids is 1. The average Bonchev–Trinajstić information content (AvgIpc) is 2.77. The van der Waals surface area contributed by atoms with Crippen molar-refractivity contribution in [3.63, 3.8) is 0 Å².